The highest BCUT2D eigenvalue weighted by atomic mass is 16.1. The first-order valence-electron chi connectivity index (χ1n) is 12.1. The van der Waals surface area contributed by atoms with Gasteiger partial charge < -0.3 is 15.1 Å². The van der Waals surface area contributed by atoms with E-state index in [2.05, 4.69) is 61.2 Å². The van der Waals surface area contributed by atoms with E-state index in [-0.39, 0.29) is 5.78 Å². The third-order valence-electron chi connectivity index (χ3n) is 7.23. The largest absolute Gasteiger partial charge is 0.363 e. The van der Waals surface area contributed by atoms with Gasteiger partial charge in [0.2, 0.25) is 0 Å². The van der Waals surface area contributed by atoms with Crippen molar-refractivity contribution in [3.63, 3.8) is 0 Å². The molecule has 2 fully saturated rings. The Kier molecular flexibility index (Phi) is 6.37. The van der Waals surface area contributed by atoms with Gasteiger partial charge in [0.25, 0.3) is 0 Å². The van der Waals surface area contributed by atoms with Gasteiger partial charge in [-0.2, -0.15) is 0 Å². The molecule has 0 radical (unpaired) electrons. The van der Waals surface area contributed by atoms with E-state index < -0.39 is 0 Å². The number of anilines is 2. The number of hydrogen-bond acceptors (Lipinski definition) is 7. The number of benzene rings is 1. The zero-order chi connectivity index (χ0) is 21.9. The Morgan fingerprint density at radius 3 is 2.56 bits per heavy atom. The first-order chi connectivity index (χ1) is 15.7. The van der Waals surface area contributed by atoms with Gasteiger partial charge in [0, 0.05) is 50.7 Å². The standard InChI is InChI=1S/C25H34N6O/c1-19-7-3-4-8-21(19)23(17-29-9-5-2-6-10-29)30-11-13-31(14-12-30)25-22-15-20(32)16-26-24(22)27-18-28-25/h3-4,7-8,18,23H,2,5-6,9-17H2,1H3,(H,26,27,28). The van der Waals surface area contributed by atoms with Gasteiger partial charge in [0.1, 0.15) is 18.0 Å². The molecule has 1 N–H and O–H groups in total. The number of aryl methyl sites for hydroxylation is 1. The molecule has 32 heavy (non-hydrogen) atoms. The van der Waals surface area contributed by atoms with Crippen molar-refractivity contribution in [3.8, 4) is 0 Å². The lowest BCUT2D eigenvalue weighted by molar-refractivity contribution is -0.117. The van der Waals surface area contributed by atoms with Crippen LogP contribution in [0.3, 0.4) is 0 Å². The van der Waals surface area contributed by atoms with Gasteiger partial charge in [-0.15, -0.1) is 0 Å². The highest BCUT2D eigenvalue weighted by Gasteiger charge is 2.30. The van der Waals surface area contributed by atoms with Crippen LogP contribution in [0.5, 0.6) is 0 Å². The van der Waals surface area contributed by atoms with Gasteiger partial charge in [-0.25, -0.2) is 9.97 Å². The molecule has 1 atom stereocenters. The van der Waals surface area contributed by atoms with Crippen LogP contribution in [0.25, 0.3) is 0 Å². The van der Waals surface area contributed by atoms with Gasteiger partial charge in [-0.05, 0) is 44.0 Å². The molecular formula is C25H34N6O. The average Bonchev–Trinajstić information content (AvgIpc) is 2.83. The van der Waals surface area contributed by atoms with E-state index in [0.717, 1.165) is 49.9 Å². The maximum absolute atomic E-state index is 12.0. The van der Waals surface area contributed by atoms with Crippen molar-refractivity contribution in [2.45, 2.75) is 38.6 Å². The van der Waals surface area contributed by atoms with E-state index in [1.54, 1.807) is 6.33 Å². The predicted molar refractivity (Wildman–Crippen MR) is 127 cm³/mol. The van der Waals surface area contributed by atoms with E-state index in [1.807, 2.05) is 0 Å². The first kappa shape index (κ1) is 21.3. The second-order valence-corrected chi connectivity index (χ2v) is 9.35. The Bertz CT molecular complexity index is 949. The molecule has 0 aliphatic carbocycles. The van der Waals surface area contributed by atoms with Crippen molar-refractivity contribution in [1.82, 2.24) is 19.8 Å². The zero-order valence-electron chi connectivity index (χ0n) is 19.1. The number of nitrogens with one attached hydrogen (secondary N) is 1. The summed E-state index contributed by atoms with van der Waals surface area (Å²) >= 11 is 0. The highest BCUT2D eigenvalue weighted by molar-refractivity contribution is 5.90. The summed E-state index contributed by atoms with van der Waals surface area (Å²) in [5.74, 6) is 1.95. The summed E-state index contributed by atoms with van der Waals surface area (Å²) in [4.78, 5) is 28.6. The fourth-order valence-corrected chi connectivity index (χ4v) is 5.44. The summed E-state index contributed by atoms with van der Waals surface area (Å²) in [6.07, 6.45) is 6.06. The van der Waals surface area contributed by atoms with E-state index in [0.29, 0.717) is 19.0 Å². The lowest BCUT2D eigenvalue weighted by Gasteiger charge is -2.43. The number of carbonyl (C=O) groups excluding carboxylic acids is 1. The highest BCUT2D eigenvalue weighted by Crippen LogP contribution is 2.31. The summed E-state index contributed by atoms with van der Waals surface area (Å²) < 4.78 is 0. The van der Waals surface area contributed by atoms with Crippen LogP contribution in [0.15, 0.2) is 30.6 Å². The molecule has 7 heteroatoms. The van der Waals surface area contributed by atoms with Gasteiger partial charge in [-0.1, -0.05) is 30.7 Å². The SMILES string of the molecule is Cc1ccccc1C(CN1CCCCC1)N1CCN(c2ncnc3c2CC(=O)CN3)CC1. The molecule has 2 saturated heterocycles. The van der Waals surface area contributed by atoms with Crippen molar-refractivity contribution in [3.05, 3.63) is 47.3 Å². The molecule has 0 amide bonds. The molecule has 170 valence electrons. The summed E-state index contributed by atoms with van der Waals surface area (Å²) in [5.41, 5.74) is 3.80. The number of likely N-dealkylation sites (tertiary alicyclic amines) is 1. The van der Waals surface area contributed by atoms with Crippen molar-refractivity contribution < 1.29 is 4.79 Å². The molecule has 1 aromatic heterocycles. The summed E-state index contributed by atoms with van der Waals surface area (Å²) in [5, 5.41) is 3.15. The van der Waals surface area contributed by atoms with Crippen LogP contribution < -0.4 is 10.2 Å². The number of rotatable bonds is 5. The van der Waals surface area contributed by atoms with E-state index in [9.17, 15) is 4.79 Å². The van der Waals surface area contributed by atoms with Crippen molar-refractivity contribution in [2.24, 2.45) is 0 Å². The molecule has 1 aromatic carbocycles. The molecule has 1 unspecified atom stereocenters. The maximum atomic E-state index is 12.0. The number of aromatic nitrogens is 2. The number of hydrogen-bond donors (Lipinski definition) is 1. The van der Waals surface area contributed by atoms with Gasteiger partial charge in [0.15, 0.2) is 5.78 Å². The Balaban J connectivity index is 1.33. The Morgan fingerprint density at radius 1 is 1.00 bits per heavy atom. The smallest absolute Gasteiger partial charge is 0.156 e. The molecule has 0 saturated carbocycles. The second-order valence-electron chi connectivity index (χ2n) is 9.35. The number of carbonyl (C=O) groups is 1. The van der Waals surface area contributed by atoms with E-state index in [1.165, 1.54) is 43.5 Å². The number of piperazine rings is 1. The number of nitrogens with zero attached hydrogens (tertiary/aromatic N) is 5. The average molecular weight is 435 g/mol. The molecule has 2 aromatic rings. The third-order valence-corrected chi connectivity index (χ3v) is 7.23. The number of piperidine rings is 1. The lowest BCUT2D eigenvalue weighted by Crippen LogP contribution is -2.51. The van der Waals surface area contributed by atoms with Crippen LogP contribution in [0.1, 0.15) is 42.0 Å². The monoisotopic (exact) mass is 434 g/mol. The van der Waals surface area contributed by atoms with Gasteiger partial charge >= 0.3 is 0 Å². The van der Waals surface area contributed by atoms with E-state index >= 15 is 0 Å². The Hall–Kier alpha value is -2.51. The molecule has 3 aliphatic rings. The van der Waals surface area contributed by atoms with Crippen molar-refractivity contribution in [1.29, 1.82) is 0 Å². The topological polar surface area (TPSA) is 64.6 Å². The summed E-state index contributed by atoms with van der Waals surface area (Å²) in [6, 6.07) is 9.29. The van der Waals surface area contributed by atoms with Crippen molar-refractivity contribution >= 4 is 17.4 Å². The first-order valence-corrected chi connectivity index (χ1v) is 12.1. The van der Waals surface area contributed by atoms with Crippen LogP contribution in [0, 0.1) is 6.92 Å². The van der Waals surface area contributed by atoms with Crippen molar-refractivity contribution in [2.75, 3.05) is 62.6 Å². The van der Waals surface area contributed by atoms with Crippen LogP contribution in [0.2, 0.25) is 0 Å². The fourth-order valence-electron chi connectivity index (χ4n) is 5.44. The van der Waals surface area contributed by atoms with Crippen LogP contribution >= 0.6 is 0 Å². The van der Waals surface area contributed by atoms with Gasteiger partial charge in [-0.3, -0.25) is 9.69 Å². The Labute approximate surface area is 190 Å². The number of Topliss-reactive ketones (excluding diaryl/α,β-unsaturated/α-hetero) is 1. The van der Waals surface area contributed by atoms with Crippen LogP contribution in [0.4, 0.5) is 11.6 Å². The number of fused-ring (bicyclic) bond motifs is 1. The predicted octanol–water partition coefficient (Wildman–Crippen LogP) is 2.67. The Morgan fingerprint density at radius 2 is 1.78 bits per heavy atom. The molecule has 3 aliphatic heterocycles. The molecule has 0 bridgehead atoms. The normalized spacial score (nSPS) is 21.2. The summed E-state index contributed by atoms with van der Waals surface area (Å²) in [7, 11) is 0. The molecule has 5 rings (SSSR count). The number of ketones is 1. The van der Waals surface area contributed by atoms with E-state index in [4.69, 9.17) is 0 Å². The third kappa shape index (κ3) is 4.50. The fraction of sp³-hybridized carbons (Fsp3) is 0.560. The van der Waals surface area contributed by atoms with Crippen LogP contribution in [-0.4, -0.2) is 77.9 Å². The molecular weight excluding hydrogens is 400 g/mol. The molecule has 4 heterocycles. The second kappa shape index (κ2) is 9.55. The lowest BCUT2D eigenvalue weighted by atomic mass is 9.97. The van der Waals surface area contributed by atoms with Gasteiger partial charge in [0.05, 0.1) is 6.54 Å². The minimum Gasteiger partial charge on any atom is -0.363 e. The minimum atomic E-state index is 0.202. The quantitative estimate of drug-likeness (QED) is 0.776. The summed E-state index contributed by atoms with van der Waals surface area (Å²) in [6.45, 7) is 9.97. The molecule has 0 spiro atoms. The molecule has 7 nitrogen and oxygen atoms in total. The zero-order valence-corrected chi connectivity index (χ0v) is 19.1. The maximum Gasteiger partial charge on any atom is 0.156 e. The van der Waals surface area contributed by atoms with Crippen LogP contribution in [-0.2, 0) is 11.2 Å². The minimum absolute atomic E-state index is 0.202.